The van der Waals surface area contributed by atoms with E-state index in [4.69, 9.17) is 6.42 Å². The van der Waals surface area contributed by atoms with Gasteiger partial charge in [0.15, 0.2) is 0 Å². The lowest BCUT2D eigenvalue weighted by Gasteiger charge is -2.23. The Bertz CT molecular complexity index is 313. The first-order chi connectivity index (χ1) is 7.24. The van der Waals surface area contributed by atoms with Crippen LogP contribution in [0.2, 0.25) is 0 Å². The Morgan fingerprint density at radius 1 is 1.60 bits per heavy atom. The maximum Gasteiger partial charge on any atom is 0.0300 e. The molecule has 1 aromatic rings. The summed E-state index contributed by atoms with van der Waals surface area (Å²) in [6.45, 7) is 3.17. The molecule has 0 amide bonds. The Hall–Kier alpha value is -1.33. The molecule has 0 saturated carbocycles. The van der Waals surface area contributed by atoms with Gasteiger partial charge in [0.25, 0.3) is 0 Å². The van der Waals surface area contributed by atoms with Gasteiger partial charge in [0.1, 0.15) is 0 Å². The third-order valence-electron chi connectivity index (χ3n) is 2.62. The molecule has 0 aromatic carbocycles. The zero-order valence-corrected chi connectivity index (χ0v) is 9.48. The third kappa shape index (κ3) is 4.14. The van der Waals surface area contributed by atoms with Crippen molar-refractivity contribution in [3.05, 3.63) is 30.1 Å². The minimum atomic E-state index is 0.502. The summed E-state index contributed by atoms with van der Waals surface area (Å²) >= 11 is 0. The van der Waals surface area contributed by atoms with Gasteiger partial charge in [-0.05, 0) is 32.0 Å². The molecule has 1 aromatic heterocycles. The second kappa shape index (κ2) is 6.21. The molecule has 80 valence electrons. The molecule has 0 N–H and O–H groups in total. The number of aromatic nitrogens is 1. The van der Waals surface area contributed by atoms with Crippen LogP contribution in [0.15, 0.2) is 24.5 Å². The summed E-state index contributed by atoms with van der Waals surface area (Å²) in [5.41, 5.74) is 1.28. The molecule has 1 atom stereocenters. The van der Waals surface area contributed by atoms with Gasteiger partial charge in [-0.25, -0.2) is 0 Å². The molecule has 0 aliphatic carbocycles. The molecule has 0 spiro atoms. The van der Waals surface area contributed by atoms with Crippen molar-refractivity contribution in [2.24, 2.45) is 0 Å². The van der Waals surface area contributed by atoms with Crippen LogP contribution in [-0.2, 0) is 6.42 Å². The molecule has 2 heteroatoms. The molecule has 1 unspecified atom stereocenters. The normalized spacial score (nSPS) is 12.4. The van der Waals surface area contributed by atoms with Crippen LogP contribution in [0.4, 0.5) is 0 Å². The summed E-state index contributed by atoms with van der Waals surface area (Å²) in [6.07, 6.45) is 10.8. The summed E-state index contributed by atoms with van der Waals surface area (Å²) in [5, 5.41) is 0. The Morgan fingerprint density at radius 2 is 2.40 bits per heavy atom. The van der Waals surface area contributed by atoms with E-state index in [1.165, 1.54) is 5.56 Å². The van der Waals surface area contributed by atoms with E-state index < -0.39 is 0 Å². The van der Waals surface area contributed by atoms with Gasteiger partial charge in [0, 0.05) is 31.4 Å². The van der Waals surface area contributed by atoms with Crippen molar-refractivity contribution >= 4 is 0 Å². The molecule has 0 aliphatic rings. The first-order valence-corrected chi connectivity index (χ1v) is 5.26. The molecule has 1 heterocycles. The largest absolute Gasteiger partial charge is 0.302 e. The molecular formula is C13H18N2. The van der Waals surface area contributed by atoms with Crippen LogP contribution in [0.5, 0.6) is 0 Å². The standard InChI is InChI=1S/C13H18N2/c1-4-5-9-15(3)12(2)10-13-7-6-8-14-11-13/h1,6-8,11-12H,5,9-10H2,2-3H3. The Morgan fingerprint density at radius 3 is 3.00 bits per heavy atom. The Kier molecular flexibility index (Phi) is 4.86. The minimum Gasteiger partial charge on any atom is -0.302 e. The summed E-state index contributed by atoms with van der Waals surface area (Å²) in [7, 11) is 2.11. The number of hydrogen-bond acceptors (Lipinski definition) is 2. The first kappa shape index (κ1) is 11.7. The average Bonchev–Trinajstić information content (AvgIpc) is 2.27. The molecular weight excluding hydrogens is 184 g/mol. The van der Waals surface area contributed by atoms with Crippen molar-refractivity contribution in [2.45, 2.75) is 25.8 Å². The van der Waals surface area contributed by atoms with Crippen LogP contribution >= 0.6 is 0 Å². The maximum atomic E-state index is 5.24. The molecule has 0 fully saturated rings. The lowest BCUT2D eigenvalue weighted by Crippen LogP contribution is -2.31. The van der Waals surface area contributed by atoms with Crippen LogP contribution in [0.1, 0.15) is 18.9 Å². The van der Waals surface area contributed by atoms with Gasteiger partial charge in [-0.15, -0.1) is 12.3 Å². The zero-order valence-electron chi connectivity index (χ0n) is 9.48. The quantitative estimate of drug-likeness (QED) is 0.679. The molecule has 1 rings (SSSR count). The van der Waals surface area contributed by atoms with E-state index in [1.54, 1.807) is 6.20 Å². The van der Waals surface area contributed by atoms with E-state index in [-0.39, 0.29) is 0 Å². The summed E-state index contributed by atoms with van der Waals surface area (Å²) in [6, 6.07) is 4.59. The molecule has 0 radical (unpaired) electrons. The topological polar surface area (TPSA) is 16.1 Å². The van der Waals surface area contributed by atoms with Gasteiger partial charge < -0.3 is 4.90 Å². The van der Waals surface area contributed by atoms with Crippen molar-refractivity contribution in [2.75, 3.05) is 13.6 Å². The lowest BCUT2D eigenvalue weighted by molar-refractivity contribution is 0.262. The van der Waals surface area contributed by atoms with Crippen LogP contribution in [-0.4, -0.2) is 29.5 Å². The van der Waals surface area contributed by atoms with Crippen LogP contribution in [0.25, 0.3) is 0 Å². The maximum absolute atomic E-state index is 5.24. The van der Waals surface area contributed by atoms with Gasteiger partial charge in [-0.3, -0.25) is 4.98 Å². The van der Waals surface area contributed by atoms with Crippen molar-refractivity contribution in [1.82, 2.24) is 9.88 Å². The van der Waals surface area contributed by atoms with E-state index in [0.29, 0.717) is 6.04 Å². The summed E-state index contributed by atoms with van der Waals surface area (Å²) < 4.78 is 0. The van der Waals surface area contributed by atoms with E-state index in [0.717, 1.165) is 19.4 Å². The second-order valence-corrected chi connectivity index (χ2v) is 3.85. The number of hydrogen-bond donors (Lipinski definition) is 0. The minimum absolute atomic E-state index is 0.502. The SMILES string of the molecule is C#CCCN(C)C(C)Cc1cccnc1. The van der Waals surface area contributed by atoms with Crippen LogP contribution in [0, 0.1) is 12.3 Å². The monoisotopic (exact) mass is 202 g/mol. The summed E-state index contributed by atoms with van der Waals surface area (Å²) in [4.78, 5) is 6.39. The zero-order chi connectivity index (χ0) is 11.1. The van der Waals surface area contributed by atoms with Crippen LogP contribution in [0.3, 0.4) is 0 Å². The molecule has 15 heavy (non-hydrogen) atoms. The fourth-order valence-corrected chi connectivity index (χ4v) is 1.48. The molecule has 0 bridgehead atoms. The Balaban J connectivity index is 2.42. The number of nitrogens with zero attached hydrogens (tertiary/aromatic N) is 2. The van der Waals surface area contributed by atoms with Crippen molar-refractivity contribution < 1.29 is 0 Å². The van der Waals surface area contributed by atoms with Gasteiger partial charge >= 0.3 is 0 Å². The van der Waals surface area contributed by atoms with Gasteiger partial charge in [0.2, 0.25) is 0 Å². The predicted molar refractivity (Wildman–Crippen MR) is 63.5 cm³/mol. The van der Waals surface area contributed by atoms with E-state index in [2.05, 4.69) is 35.8 Å². The van der Waals surface area contributed by atoms with Gasteiger partial charge in [-0.2, -0.15) is 0 Å². The number of likely N-dealkylation sites (N-methyl/N-ethyl adjacent to an activating group) is 1. The molecule has 0 saturated heterocycles. The average molecular weight is 202 g/mol. The highest BCUT2D eigenvalue weighted by Gasteiger charge is 2.08. The first-order valence-electron chi connectivity index (χ1n) is 5.26. The highest BCUT2D eigenvalue weighted by atomic mass is 15.1. The van der Waals surface area contributed by atoms with Gasteiger partial charge in [-0.1, -0.05) is 6.07 Å². The smallest absolute Gasteiger partial charge is 0.0300 e. The lowest BCUT2D eigenvalue weighted by atomic mass is 10.1. The Labute approximate surface area is 92.3 Å². The van der Waals surface area contributed by atoms with Crippen molar-refractivity contribution in [3.63, 3.8) is 0 Å². The third-order valence-corrected chi connectivity index (χ3v) is 2.62. The summed E-state index contributed by atoms with van der Waals surface area (Å²) in [5.74, 6) is 2.66. The molecule has 2 nitrogen and oxygen atoms in total. The highest BCUT2D eigenvalue weighted by Crippen LogP contribution is 2.06. The predicted octanol–water partition coefficient (Wildman–Crippen LogP) is 1.97. The number of rotatable bonds is 5. The molecule has 0 aliphatic heterocycles. The van der Waals surface area contributed by atoms with Crippen molar-refractivity contribution in [1.29, 1.82) is 0 Å². The van der Waals surface area contributed by atoms with Crippen LogP contribution < -0.4 is 0 Å². The number of pyridine rings is 1. The fraction of sp³-hybridized carbons (Fsp3) is 0.462. The second-order valence-electron chi connectivity index (χ2n) is 3.85. The van der Waals surface area contributed by atoms with E-state index >= 15 is 0 Å². The van der Waals surface area contributed by atoms with E-state index in [1.807, 2.05) is 12.3 Å². The number of terminal acetylenes is 1. The van der Waals surface area contributed by atoms with Gasteiger partial charge in [0.05, 0.1) is 0 Å². The highest BCUT2D eigenvalue weighted by molar-refractivity contribution is 5.09. The van der Waals surface area contributed by atoms with E-state index in [9.17, 15) is 0 Å². The van der Waals surface area contributed by atoms with Crippen molar-refractivity contribution in [3.8, 4) is 12.3 Å². The fourth-order valence-electron chi connectivity index (χ4n) is 1.48.